The molecule has 112 valence electrons. The Kier molecular flexibility index (Phi) is 3.54. The number of carbonyl (C=O) groups excluding carboxylic acids is 1. The fourth-order valence-electron chi connectivity index (χ4n) is 2.68. The maximum Gasteiger partial charge on any atom is 0.150 e. The van der Waals surface area contributed by atoms with Crippen molar-refractivity contribution in [3.05, 3.63) is 65.4 Å². The second kappa shape index (κ2) is 5.39. The molecule has 3 rings (SSSR count). The van der Waals surface area contributed by atoms with Crippen molar-refractivity contribution in [2.24, 2.45) is 0 Å². The van der Waals surface area contributed by atoms with Crippen LogP contribution in [0, 0.1) is 0 Å². The first-order chi connectivity index (χ1) is 10.5. The summed E-state index contributed by atoms with van der Waals surface area (Å²) in [6.07, 6.45) is 2.75. The third kappa shape index (κ3) is 2.78. The van der Waals surface area contributed by atoms with Crippen molar-refractivity contribution in [1.82, 2.24) is 9.78 Å². The molecular formula is C18H18N2O2. The van der Waals surface area contributed by atoms with Gasteiger partial charge in [0.2, 0.25) is 0 Å². The quantitative estimate of drug-likeness (QED) is 0.752. The lowest BCUT2D eigenvalue weighted by atomic mass is 9.93. The molecule has 0 bridgehead atoms. The van der Waals surface area contributed by atoms with Crippen LogP contribution in [0.15, 0.2) is 48.7 Å². The summed E-state index contributed by atoms with van der Waals surface area (Å²) in [5, 5.41) is 15.7. The maximum atomic E-state index is 10.8. The molecule has 3 aromatic rings. The number of rotatable bonds is 4. The number of aromatic nitrogens is 2. The zero-order chi connectivity index (χ0) is 15.7. The van der Waals surface area contributed by atoms with Crippen molar-refractivity contribution in [1.29, 1.82) is 0 Å². The van der Waals surface area contributed by atoms with Crippen LogP contribution in [0.4, 0.5) is 0 Å². The third-order valence-electron chi connectivity index (χ3n) is 3.72. The number of fused-ring (bicyclic) bond motifs is 1. The van der Waals surface area contributed by atoms with Gasteiger partial charge in [-0.3, -0.25) is 9.48 Å². The predicted octanol–water partition coefficient (Wildman–Crippen LogP) is 3.12. The SMILES string of the molecule is CC(C)(O)c1ccccc1Cn1cc2cc(C=O)ccc2n1. The minimum Gasteiger partial charge on any atom is -0.386 e. The summed E-state index contributed by atoms with van der Waals surface area (Å²) in [7, 11) is 0. The maximum absolute atomic E-state index is 10.8. The monoisotopic (exact) mass is 294 g/mol. The van der Waals surface area contributed by atoms with E-state index in [1.165, 1.54) is 0 Å². The number of benzene rings is 2. The lowest BCUT2D eigenvalue weighted by Gasteiger charge is -2.21. The zero-order valence-electron chi connectivity index (χ0n) is 12.7. The molecule has 0 spiro atoms. The van der Waals surface area contributed by atoms with Crippen molar-refractivity contribution in [3.63, 3.8) is 0 Å². The molecule has 22 heavy (non-hydrogen) atoms. The molecule has 0 aliphatic rings. The lowest BCUT2D eigenvalue weighted by molar-refractivity contribution is 0.0775. The summed E-state index contributed by atoms with van der Waals surface area (Å²) in [6, 6.07) is 13.2. The Bertz CT molecular complexity index is 828. The molecule has 0 unspecified atom stereocenters. The van der Waals surface area contributed by atoms with Gasteiger partial charge in [-0.25, -0.2) is 0 Å². The fraction of sp³-hybridized carbons (Fsp3) is 0.222. The number of carbonyl (C=O) groups is 1. The summed E-state index contributed by atoms with van der Waals surface area (Å²) >= 11 is 0. The second-order valence-electron chi connectivity index (χ2n) is 5.98. The van der Waals surface area contributed by atoms with Crippen LogP contribution in [0.1, 0.15) is 35.3 Å². The van der Waals surface area contributed by atoms with Gasteiger partial charge < -0.3 is 5.11 Å². The Morgan fingerprint density at radius 1 is 1.23 bits per heavy atom. The van der Waals surface area contributed by atoms with Gasteiger partial charge in [0, 0.05) is 17.1 Å². The molecule has 1 N–H and O–H groups in total. The van der Waals surface area contributed by atoms with Gasteiger partial charge in [-0.15, -0.1) is 0 Å². The van der Waals surface area contributed by atoms with E-state index >= 15 is 0 Å². The number of aliphatic hydroxyl groups is 1. The Morgan fingerprint density at radius 3 is 2.73 bits per heavy atom. The van der Waals surface area contributed by atoms with Crippen molar-refractivity contribution in [2.45, 2.75) is 26.0 Å². The van der Waals surface area contributed by atoms with Crippen LogP contribution in [0.2, 0.25) is 0 Å². The van der Waals surface area contributed by atoms with Gasteiger partial charge in [0.1, 0.15) is 6.29 Å². The van der Waals surface area contributed by atoms with E-state index in [9.17, 15) is 9.90 Å². The van der Waals surface area contributed by atoms with Crippen LogP contribution in [0.25, 0.3) is 10.9 Å². The second-order valence-corrected chi connectivity index (χ2v) is 5.98. The first-order valence-corrected chi connectivity index (χ1v) is 7.20. The highest BCUT2D eigenvalue weighted by atomic mass is 16.3. The van der Waals surface area contributed by atoms with Crippen molar-refractivity contribution >= 4 is 17.2 Å². The van der Waals surface area contributed by atoms with Gasteiger partial charge in [-0.05, 0) is 43.2 Å². The average Bonchev–Trinajstić information content (AvgIpc) is 2.87. The third-order valence-corrected chi connectivity index (χ3v) is 3.72. The molecule has 0 amide bonds. The number of nitrogens with zero attached hydrogens (tertiary/aromatic N) is 2. The summed E-state index contributed by atoms with van der Waals surface area (Å²) in [4.78, 5) is 10.8. The van der Waals surface area contributed by atoms with Crippen molar-refractivity contribution in [3.8, 4) is 0 Å². The van der Waals surface area contributed by atoms with E-state index in [4.69, 9.17) is 0 Å². The van der Waals surface area contributed by atoms with Crippen molar-refractivity contribution < 1.29 is 9.90 Å². The highest BCUT2D eigenvalue weighted by molar-refractivity contribution is 5.86. The molecule has 0 fully saturated rings. The molecule has 4 nitrogen and oxygen atoms in total. The molecule has 0 aliphatic heterocycles. The molecule has 0 radical (unpaired) electrons. The molecule has 1 aromatic heterocycles. The number of hydrogen-bond donors (Lipinski definition) is 1. The Balaban J connectivity index is 1.99. The van der Waals surface area contributed by atoms with E-state index < -0.39 is 5.60 Å². The molecule has 4 heteroatoms. The summed E-state index contributed by atoms with van der Waals surface area (Å²) < 4.78 is 1.84. The van der Waals surface area contributed by atoms with Gasteiger partial charge >= 0.3 is 0 Å². The largest absolute Gasteiger partial charge is 0.386 e. The minimum atomic E-state index is -0.895. The standard InChI is InChI=1S/C18H18N2O2/c1-18(2,22)16-6-4-3-5-14(16)10-20-11-15-9-13(12-21)7-8-17(15)19-20/h3-9,11-12,22H,10H2,1-2H3. The molecule has 0 atom stereocenters. The number of aldehydes is 1. The molecule has 0 saturated heterocycles. The van der Waals surface area contributed by atoms with E-state index in [1.54, 1.807) is 19.9 Å². The van der Waals surface area contributed by atoms with Gasteiger partial charge in [0.05, 0.1) is 17.7 Å². The Morgan fingerprint density at radius 2 is 2.00 bits per heavy atom. The smallest absolute Gasteiger partial charge is 0.150 e. The molecule has 2 aromatic carbocycles. The summed E-state index contributed by atoms with van der Waals surface area (Å²) in [5.41, 5.74) is 2.52. The summed E-state index contributed by atoms with van der Waals surface area (Å²) in [5.74, 6) is 0. The number of hydrogen-bond acceptors (Lipinski definition) is 3. The molecule has 1 heterocycles. The van der Waals surface area contributed by atoms with E-state index in [2.05, 4.69) is 5.10 Å². The zero-order valence-corrected chi connectivity index (χ0v) is 12.7. The minimum absolute atomic E-state index is 0.575. The van der Waals surface area contributed by atoms with Crippen LogP contribution in [-0.2, 0) is 12.1 Å². The van der Waals surface area contributed by atoms with Gasteiger partial charge in [-0.1, -0.05) is 24.3 Å². The Hall–Kier alpha value is -2.46. The highest BCUT2D eigenvalue weighted by Crippen LogP contribution is 2.24. The van der Waals surface area contributed by atoms with E-state index in [-0.39, 0.29) is 0 Å². The van der Waals surface area contributed by atoms with Crippen LogP contribution in [-0.4, -0.2) is 21.2 Å². The Labute approximate surface area is 129 Å². The molecule has 0 aliphatic carbocycles. The predicted molar refractivity (Wildman–Crippen MR) is 85.9 cm³/mol. The van der Waals surface area contributed by atoms with E-state index in [0.29, 0.717) is 12.1 Å². The molecule has 0 saturated carbocycles. The first kappa shape index (κ1) is 14.5. The molecular weight excluding hydrogens is 276 g/mol. The van der Waals surface area contributed by atoms with Crippen LogP contribution >= 0.6 is 0 Å². The van der Waals surface area contributed by atoms with E-state index in [1.807, 2.05) is 47.3 Å². The topological polar surface area (TPSA) is 55.1 Å². The highest BCUT2D eigenvalue weighted by Gasteiger charge is 2.19. The van der Waals surface area contributed by atoms with Crippen LogP contribution in [0.5, 0.6) is 0 Å². The van der Waals surface area contributed by atoms with E-state index in [0.717, 1.165) is 28.3 Å². The van der Waals surface area contributed by atoms with Crippen molar-refractivity contribution in [2.75, 3.05) is 0 Å². The van der Waals surface area contributed by atoms with Crippen LogP contribution < -0.4 is 0 Å². The van der Waals surface area contributed by atoms with Gasteiger partial charge in [0.15, 0.2) is 0 Å². The average molecular weight is 294 g/mol. The summed E-state index contributed by atoms with van der Waals surface area (Å²) in [6.45, 7) is 4.13. The fourth-order valence-corrected chi connectivity index (χ4v) is 2.68. The van der Waals surface area contributed by atoms with Gasteiger partial charge in [-0.2, -0.15) is 5.10 Å². The first-order valence-electron chi connectivity index (χ1n) is 7.20. The van der Waals surface area contributed by atoms with Crippen LogP contribution in [0.3, 0.4) is 0 Å². The normalized spacial score (nSPS) is 11.8. The lowest BCUT2D eigenvalue weighted by Crippen LogP contribution is -2.19. The van der Waals surface area contributed by atoms with Gasteiger partial charge in [0.25, 0.3) is 0 Å².